The Balaban J connectivity index is 1.37. The summed E-state index contributed by atoms with van der Waals surface area (Å²) in [5.74, 6) is 0. The second kappa shape index (κ2) is 14.4. The number of aliphatic hydroxyl groups is 1. The molecule has 0 aliphatic carbocycles. The van der Waals surface area contributed by atoms with Crippen LogP contribution in [-0.4, -0.2) is 41.6 Å². The van der Waals surface area contributed by atoms with Crippen LogP contribution in [0.15, 0.2) is 126 Å². The van der Waals surface area contributed by atoms with E-state index < -0.39 is 29.9 Å². The molecular weight excluding hydrogens is 508 g/mol. The first-order chi connectivity index (χ1) is 19.3. The van der Waals surface area contributed by atoms with Crippen LogP contribution in [0.3, 0.4) is 0 Å². The summed E-state index contributed by atoms with van der Waals surface area (Å²) < 4.78 is 25.5. The van der Waals surface area contributed by atoms with Crippen LogP contribution in [0.1, 0.15) is 16.7 Å². The van der Waals surface area contributed by atoms with E-state index in [1.807, 2.05) is 121 Å². The average molecular weight is 543 g/mol. The van der Waals surface area contributed by atoms with Crippen LogP contribution < -0.4 is 0 Å². The Morgan fingerprint density at radius 3 is 1.59 bits per heavy atom. The van der Waals surface area contributed by atoms with Crippen molar-refractivity contribution in [2.24, 2.45) is 0 Å². The lowest BCUT2D eigenvalue weighted by atomic mass is 9.99. The summed E-state index contributed by atoms with van der Waals surface area (Å²) in [6.07, 6.45) is -2.51. The van der Waals surface area contributed by atoms with E-state index in [1.165, 1.54) is 11.8 Å². The number of aliphatic hydroxyl groups excluding tert-OH is 1. The highest BCUT2D eigenvalue weighted by molar-refractivity contribution is 7.99. The van der Waals surface area contributed by atoms with Crippen molar-refractivity contribution in [1.29, 1.82) is 0 Å². The van der Waals surface area contributed by atoms with E-state index in [0.717, 1.165) is 21.6 Å². The fourth-order valence-corrected chi connectivity index (χ4v) is 5.63. The summed E-state index contributed by atoms with van der Waals surface area (Å²) in [5.41, 5.74) is 2.61. The Labute approximate surface area is 234 Å². The molecule has 5 rings (SSSR count). The zero-order valence-corrected chi connectivity index (χ0v) is 22.6. The van der Waals surface area contributed by atoms with Gasteiger partial charge in [0.15, 0.2) is 0 Å². The fraction of sp³-hybridized carbons (Fsp3) is 0.273. The van der Waals surface area contributed by atoms with Gasteiger partial charge in [0.05, 0.1) is 26.4 Å². The van der Waals surface area contributed by atoms with Crippen LogP contribution >= 0.6 is 11.8 Å². The topological polar surface area (TPSA) is 57.2 Å². The summed E-state index contributed by atoms with van der Waals surface area (Å²) in [5, 5.41) is 11.6. The maximum Gasteiger partial charge on any atom is 0.136 e. The number of ether oxygens (including phenoxy) is 4. The molecule has 1 aliphatic heterocycles. The standard InChI is InChI=1S/C33H34O5S/c34-30-32(37-23-27-17-9-3-10-18-27)31(36-22-26-15-7-2-8-16-26)29(24-35-21-25-13-5-1-6-14-25)38-33(30)39-28-19-11-4-12-20-28/h1-20,29-34H,21-24H2/t29?,30?,31-,32?,33-/m1/s1. The van der Waals surface area contributed by atoms with Gasteiger partial charge >= 0.3 is 0 Å². The molecule has 0 spiro atoms. The van der Waals surface area contributed by atoms with Gasteiger partial charge in [0.25, 0.3) is 0 Å². The minimum Gasteiger partial charge on any atom is -0.387 e. The van der Waals surface area contributed by atoms with Gasteiger partial charge in [-0.25, -0.2) is 0 Å². The molecular formula is C33H34O5S. The molecule has 3 unspecified atom stereocenters. The van der Waals surface area contributed by atoms with Crippen LogP contribution in [0.2, 0.25) is 0 Å². The molecule has 6 heteroatoms. The number of hydrogen-bond acceptors (Lipinski definition) is 6. The molecule has 0 aromatic heterocycles. The third kappa shape index (κ3) is 8.02. The Bertz CT molecular complexity index is 1230. The van der Waals surface area contributed by atoms with E-state index in [4.69, 9.17) is 18.9 Å². The van der Waals surface area contributed by atoms with Crippen LogP contribution in [0.5, 0.6) is 0 Å². The molecule has 0 radical (unpaired) electrons. The maximum absolute atomic E-state index is 11.6. The molecule has 0 amide bonds. The van der Waals surface area contributed by atoms with Gasteiger partial charge in [0, 0.05) is 4.90 Å². The van der Waals surface area contributed by atoms with E-state index in [0.29, 0.717) is 26.4 Å². The predicted octanol–water partition coefficient (Wildman–Crippen LogP) is 6.25. The van der Waals surface area contributed by atoms with Crippen LogP contribution in [0, 0.1) is 0 Å². The third-order valence-corrected chi connectivity index (χ3v) is 7.74. The molecule has 1 N–H and O–H groups in total. The lowest BCUT2D eigenvalue weighted by Gasteiger charge is -2.44. The molecule has 39 heavy (non-hydrogen) atoms. The first-order valence-electron chi connectivity index (χ1n) is 13.2. The predicted molar refractivity (Wildman–Crippen MR) is 153 cm³/mol. The minimum absolute atomic E-state index is 0.304. The van der Waals surface area contributed by atoms with E-state index in [2.05, 4.69) is 0 Å². The lowest BCUT2D eigenvalue weighted by Crippen LogP contribution is -2.59. The van der Waals surface area contributed by atoms with E-state index >= 15 is 0 Å². The van der Waals surface area contributed by atoms with E-state index in [1.54, 1.807) is 0 Å². The van der Waals surface area contributed by atoms with Gasteiger partial charge in [0.1, 0.15) is 29.9 Å². The maximum atomic E-state index is 11.6. The summed E-state index contributed by atoms with van der Waals surface area (Å²) in [4.78, 5) is 1.01. The number of hydrogen-bond donors (Lipinski definition) is 1. The van der Waals surface area contributed by atoms with Gasteiger partial charge in [-0.05, 0) is 28.8 Å². The molecule has 1 heterocycles. The zero-order chi connectivity index (χ0) is 26.7. The van der Waals surface area contributed by atoms with Crippen molar-refractivity contribution < 1.29 is 24.1 Å². The second-order valence-corrected chi connectivity index (χ2v) is 10.7. The van der Waals surface area contributed by atoms with Crippen molar-refractivity contribution in [2.75, 3.05) is 6.61 Å². The minimum atomic E-state index is -0.912. The van der Waals surface area contributed by atoms with E-state index in [9.17, 15) is 5.11 Å². The summed E-state index contributed by atoms with van der Waals surface area (Å²) >= 11 is 1.48. The van der Waals surface area contributed by atoms with Gasteiger partial charge in [0.2, 0.25) is 0 Å². The SMILES string of the molecule is OC1C(OCc2ccccc2)[C@H](OCc2ccccc2)C(COCc2ccccc2)O[C@@H]1Sc1ccccc1. The monoisotopic (exact) mass is 542 g/mol. The molecule has 202 valence electrons. The average Bonchev–Trinajstić information content (AvgIpc) is 2.99. The molecule has 1 aliphatic rings. The van der Waals surface area contributed by atoms with Gasteiger partial charge in [-0.1, -0.05) is 121 Å². The van der Waals surface area contributed by atoms with Crippen molar-refractivity contribution in [3.63, 3.8) is 0 Å². The van der Waals surface area contributed by atoms with Crippen molar-refractivity contribution in [3.8, 4) is 0 Å². The van der Waals surface area contributed by atoms with Crippen molar-refractivity contribution in [2.45, 2.75) is 54.6 Å². The number of benzene rings is 4. The molecule has 5 nitrogen and oxygen atoms in total. The third-order valence-electron chi connectivity index (χ3n) is 6.57. The Kier molecular flexibility index (Phi) is 10.2. The highest BCUT2D eigenvalue weighted by atomic mass is 32.2. The Hall–Kier alpha value is -2.97. The Morgan fingerprint density at radius 1 is 0.590 bits per heavy atom. The van der Waals surface area contributed by atoms with Crippen LogP contribution in [0.25, 0.3) is 0 Å². The highest BCUT2D eigenvalue weighted by Crippen LogP contribution is 2.36. The van der Waals surface area contributed by atoms with Crippen molar-refractivity contribution in [3.05, 3.63) is 138 Å². The highest BCUT2D eigenvalue weighted by Gasteiger charge is 2.47. The molecule has 0 bridgehead atoms. The molecule has 4 aromatic carbocycles. The van der Waals surface area contributed by atoms with Crippen molar-refractivity contribution in [1.82, 2.24) is 0 Å². The lowest BCUT2D eigenvalue weighted by molar-refractivity contribution is -0.243. The normalized spacial score (nSPS) is 22.9. The quantitative estimate of drug-likeness (QED) is 0.228. The Morgan fingerprint density at radius 2 is 1.05 bits per heavy atom. The second-order valence-electron chi connectivity index (χ2n) is 9.49. The first kappa shape index (κ1) is 27.6. The van der Waals surface area contributed by atoms with Crippen LogP contribution in [-0.2, 0) is 38.8 Å². The van der Waals surface area contributed by atoms with Crippen LogP contribution in [0.4, 0.5) is 0 Å². The van der Waals surface area contributed by atoms with Gasteiger partial charge in [-0.3, -0.25) is 0 Å². The molecule has 1 fully saturated rings. The molecule has 5 atom stereocenters. The molecule has 1 saturated heterocycles. The number of rotatable bonds is 12. The summed E-state index contributed by atoms with van der Waals surface area (Å²) in [6.45, 7) is 1.49. The smallest absolute Gasteiger partial charge is 0.136 e. The number of thioether (sulfide) groups is 1. The van der Waals surface area contributed by atoms with Gasteiger partial charge in [-0.2, -0.15) is 0 Å². The summed E-state index contributed by atoms with van der Waals surface area (Å²) in [6, 6.07) is 40.0. The first-order valence-corrected chi connectivity index (χ1v) is 14.1. The van der Waals surface area contributed by atoms with Crippen molar-refractivity contribution >= 4 is 11.8 Å². The zero-order valence-electron chi connectivity index (χ0n) is 21.8. The van der Waals surface area contributed by atoms with Gasteiger partial charge in [-0.15, -0.1) is 0 Å². The fourth-order valence-electron chi connectivity index (χ4n) is 4.55. The molecule has 4 aromatic rings. The van der Waals surface area contributed by atoms with Gasteiger partial charge < -0.3 is 24.1 Å². The largest absolute Gasteiger partial charge is 0.387 e. The summed E-state index contributed by atoms with van der Waals surface area (Å²) in [7, 11) is 0. The molecule has 0 saturated carbocycles. The van der Waals surface area contributed by atoms with E-state index in [-0.39, 0.29) is 0 Å².